The van der Waals surface area contributed by atoms with Gasteiger partial charge < -0.3 is 14.8 Å². The molecule has 8 nitrogen and oxygen atoms in total. The zero-order chi connectivity index (χ0) is 16.7. The molecule has 0 bridgehead atoms. The molecule has 3 aromatic rings. The number of amides is 2. The van der Waals surface area contributed by atoms with Crippen molar-refractivity contribution in [2.45, 2.75) is 6.92 Å². The highest BCUT2D eigenvalue weighted by Gasteiger charge is 2.15. The monoisotopic (exact) mass is 344 g/mol. The maximum absolute atomic E-state index is 12.4. The minimum atomic E-state index is -0.560. The fourth-order valence-electron chi connectivity index (χ4n) is 2.38. The molecular weight excluding hydrogens is 332 g/mol. The first kappa shape index (κ1) is 14.5. The molecule has 4 rings (SSSR count). The van der Waals surface area contributed by atoms with Crippen LogP contribution in [0.25, 0.3) is 10.2 Å². The lowest BCUT2D eigenvalue weighted by Gasteiger charge is -2.12. The van der Waals surface area contributed by atoms with E-state index < -0.39 is 6.03 Å². The highest BCUT2D eigenvalue weighted by atomic mass is 32.1. The number of urea groups is 1. The van der Waals surface area contributed by atoms with Gasteiger partial charge >= 0.3 is 6.03 Å². The molecule has 0 saturated carbocycles. The summed E-state index contributed by atoms with van der Waals surface area (Å²) in [7, 11) is 0. The largest absolute Gasteiger partial charge is 0.454 e. The molecule has 2 N–H and O–H groups in total. The van der Waals surface area contributed by atoms with Gasteiger partial charge in [-0.25, -0.2) is 19.9 Å². The Hall–Kier alpha value is -3.07. The molecule has 0 aliphatic carbocycles. The van der Waals surface area contributed by atoms with Crippen LogP contribution in [0.3, 0.4) is 0 Å². The van der Waals surface area contributed by atoms with Gasteiger partial charge in [0, 0.05) is 11.8 Å². The van der Waals surface area contributed by atoms with Crippen molar-refractivity contribution in [2.24, 2.45) is 0 Å². The Morgan fingerprint density at radius 1 is 1.29 bits per heavy atom. The van der Waals surface area contributed by atoms with Gasteiger partial charge in [-0.15, -0.1) is 11.3 Å². The van der Waals surface area contributed by atoms with Crippen LogP contribution in [0.4, 0.5) is 10.5 Å². The Morgan fingerprint density at radius 3 is 3.00 bits per heavy atom. The summed E-state index contributed by atoms with van der Waals surface area (Å²) in [6, 6.07) is 6.16. The summed E-state index contributed by atoms with van der Waals surface area (Å²) in [5.41, 5.74) is 2.70. The van der Waals surface area contributed by atoms with Crippen LogP contribution in [0.1, 0.15) is 5.82 Å². The zero-order valence-corrected chi connectivity index (χ0v) is 13.3. The van der Waals surface area contributed by atoms with Crippen molar-refractivity contribution >= 4 is 33.3 Å². The van der Waals surface area contributed by atoms with Gasteiger partial charge in [-0.1, -0.05) is 0 Å². The molecule has 1 aromatic carbocycles. The van der Waals surface area contributed by atoms with Crippen molar-refractivity contribution in [2.75, 3.05) is 17.5 Å². The molecule has 0 spiro atoms. The third-order valence-corrected chi connectivity index (χ3v) is 4.32. The molecule has 1 aliphatic rings. The van der Waals surface area contributed by atoms with Crippen LogP contribution >= 0.6 is 11.3 Å². The molecule has 0 fully saturated rings. The fourth-order valence-corrected chi connectivity index (χ4v) is 3.18. The van der Waals surface area contributed by atoms with E-state index in [9.17, 15) is 9.59 Å². The Balaban J connectivity index is 1.57. The molecule has 3 heterocycles. The standard InChI is InChI=1S/C15H12N4O4S/c1-8-16-13-10(4-5-24-13)14(20)19(8)18-15(21)17-9-2-3-11-12(6-9)23-7-22-11/h2-6H,7H2,1H3,(H2,17,18,21). The van der Waals surface area contributed by atoms with Crippen molar-refractivity contribution in [3.05, 3.63) is 45.8 Å². The van der Waals surface area contributed by atoms with Gasteiger partial charge in [0.05, 0.1) is 5.39 Å². The molecule has 122 valence electrons. The predicted molar refractivity (Wildman–Crippen MR) is 89.6 cm³/mol. The van der Waals surface area contributed by atoms with E-state index in [1.165, 1.54) is 11.3 Å². The van der Waals surface area contributed by atoms with E-state index in [0.717, 1.165) is 4.68 Å². The number of benzene rings is 1. The molecule has 2 aromatic heterocycles. The maximum atomic E-state index is 12.4. The molecule has 0 unspecified atom stereocenters. The Kier molecular flexibility index (Phi) is 3.35. The number of carbonyl (C=O) groups is 1. The van der Waals surface area contributed by atoms with E-state index in [-0.39, 0.29) is 12.4 Å². The van der Waals surface area contributed by atoms with Crippen molar-refractivity contribution in [1.82, 2.24) is 9.66 Å². The van der Waals surface area contributed by atoms with Crippen LogP contribution in [-0.4, -0.2) is 22.5 Å². The Morgan fingerprint density at radius 2 is 2.12 bits per heavy atom. The quantitative estimate of drug-likeness (QED) is 0.744. The number of hydrogen-bond acceptors (Lipinski definition) is 6. The minimum Gasteiger partial charge on any atom is -0.454 e. The smallest absolute Gasteiger partial charge is 0.338 e. The number of carbonyl (C=O) groups excluding carboxylic acids is 1. The van der Waals surface area contributed by atoms with E-state index in [4.69, 9.17) is 9.47 Å². The molecule has 0 radical (unpaired) electrons. The van der Waals surface area contributed by atoms with Gasteiger partial charge in [0.15, 0.2) is 11.5 Å². The van der Waals surface area contributed by atoms with Crippen molar-refractivity contribution in [3.8, 4) is 11.5 Å². The summed E-state index contributed by atoms with van der Waals surface area (Å²) in [5, 5.41) is 4.90. The third kappa shape index (κ3) is 2.44. The Bertz CT molecular complexity index is 1010. The van der Waals surface area contributed by atoms with Crippen molar-refractivity contribution in [3.63, 3.8) is 0 Å². The molecule has 9 heteroatoms. The number of aryl methyl sites for hydroxylation is 1. The maximum Gasteiger partial charge on any atom is 0.338 e. The van der Waals surface area contributed by atoms with E-state index in [1.807, 2.05) is 0 Å². The van der Waals surface area contributed by atoms with Gasteiger partial charge in [-0.3, -0.25) is 4.79 Å². The van der Waals surface area contributed by atoms with E-state index in [1.54, 1.807) is 36.6 Å². The second kappa shape index (κ2) is 5.53. The van der Waals surface area contributed by atoms with Crippen LogP contribution in [0, 0.1) is 6.92 Å². The highest BCUT2D eigenvalue weighted by Crippen LogP contribution is 2.34. The van der Waals surface area contributed by atoms with E-state index in [2.05, 4.69) is 15.7 Å². The lowest BCUT2D eigenvalue weighted by Crippen LogP contribution is -2.37. The highest BCUT2D eigenvalue weighted by molar-refractivity contribution is 7.16. The second-order valence-corrected chi connectivity index (χ2v) is 5.97. The van der Waals surface area contributed by atoms with Gasteiger partial charge in [-0.2, -0.15) is 0 Å². The summed E-state index contributed by atoms with van der Waals surface area (Å²) < 4.78 is 11.6. The average molecular weight is 344 g/mol. The lowest BCUT2D eigenvalue weighted by molar-refractivity contribution is 0.174. The summed E-state index contributed by atoms with van der Waals surface area (Å²) in [6.07, 6.45) is 0. The normalized spacial score (nSPS) is 12.4. The fraction of sp³-hybridized carbons (Fsp3) is 0.133. The van der Waals surface area contributed by atoms with E-state index in [0.29, 0.717) is 33.2 Å². The second-order valence-electron chi connectivity index (χ2n) is 5.07. The van der Waals surface area contributed by atoms with Crippen molar-refractivity contribution < 1.29 is 14.3 Å². The third-order valence-electron chi connectivity index (χ3n) is 3.51. The first-order chi connectivity index (χ1) is 11.6. The molecule has 0 atom stereocenters. The number of ether oxygens (including phenoxy) is 2. The zero-order valence-electron chi connectivity index (χ0n) is 12.5. The van der Waals surface area contributed by atoms with Crippen LogP contribution in [0.15, 0.2) is 34.4 Å². The Labute approximate surface area is 139 Å². The number of nitrogens with zero attached hydrogens (tertiary/aromatic N) is 2. The number of hydrogen-bond donors (Lipinski definition) is 2. The first-order valence-corrected chi connectivity index (χ1v) is 7.94. The lowest BCUT2D eigenvalue weighted by atomic mass is 10.3. The van der Waals surface area contributed by atoms with Gasteiger partial charge in [-0.05, 0) is 30.5 Å². The molecule has 24 heavy (non-hydrogen) atoms. The molecular formula is C15H12N4O4S. The predicted octanol–water partition coefficient (Wildman–Crippen LogP) is 2.27. The van der Waals surface area contributed by atoms with Gasteiger partial charge in [0.25, 0.3) is 5.56 Å². The number of thiophene rings is 1. The topological polar surface area (TPSA) is 94.5 Å². The number of anilines is 1. The summed E-state index contributed by atoms with van der Waals surface area (Å²) in [6.45, 7) is 1.81. The SMILES string of the molecule is Cc1nc2sccc2c(=O)n1NC(=O)Nc1ccc2c(c1)OCO2. The van der Waals surface area contributed by atoms with Crippen LogP contribution in [0.2, 0.25) is 0 Å². The van der Waals surface area contributed by atoms with Gasteiger partial charge in [0.2, 0.25) is 6.79 Å². The molecule has 1 aliphatic heterocycles. The first-order valence-electron chi connectivity index (χ1n) is 7.06. The molecule has 0 saturated heterocycles. The van der Waals surface area contributed by atoms with Gasteiger partial charge in [0.1, 0.15) is 10.7 Å². The van der Waals surface area contributed by atoms with Crippen LogP contribution in [0.5, 0.6) is 11.5 Å². The molecule has 2 amide bonds. The average Bonchev–Trinajstić information content (AvgIpc) is 3.19. The number of aromatic nitrogens is 2. The number of rotatable bonds is 2. The van der Waals surface area contributed by atoms with Crippen LogP contribution < -0.4 is 25.8 Å². The minimum absolute atomic E-state index is 0.159. The summed E-state index contributed by atoms with van der Waals surface area (Å²) in [4.78, 5) is 29.5. The number of fused-ring (bicyclic) bond motifs is 2. The van der Waals surface area contributed by atoms with E-state index >= 15 is 0 Å². The number of nitrogens with one attached hydrogen (secondary N) is 2. The van der Waals surface area contributed by atoms with Crippen LogP contribution in [-0.2, 0) is 0 Å². The van der Waals surface area contributed by atoms with Crippen molar-refractivity contribution in [1.29, 1.82) is 0 Å². The summed E-state index contributed by atoms with van der Waals surface area (Å²) in [5.74, 6) is 1.58. The summed E-state index contributed by atoms with van der Waals surface area (Å²) >= 11 is 1.38.